The number of aryl methyl sites for hydroxylation is 2. The number of carbonyl (C=O) groups excluding carboxylic acids is 3. The molecule has 0 radical (unpaired) electrons. The predicted molar refractivity (Wildman–Crippen MR) is 170 cm³/mol. The first-order valence-corrected chi connectivity index (χ1v) is 15.7. The Balaban J connectivity index is 1.31. The molecule has 3 atom stereocenters. The maximum Gasteiger partial charge on any atom is 0.416 e. The fraction of sp³-hybridized carbons (Fsp3) is 0.500. The lowest BCUT2D eigenvalue weighted by Gasteiger charge is -2.52. The number of nitrogens with zero attached hydrogens (tertiary/aromatic N) is 7. The molecule has 1 aromatic heterocycles. The van der Waals surface area contributed by atoms with Gasteiger partial charge in [0.15, 0.2) is 0 Å². The zero-order valence-corrected chi connectivity index (χ0v) is 27.0. The molecule has 1 spiro atoms. The van der Waals surface area contributed by atoms with Crippen molar-refractivity contribution in [3.8, 4) is 6.07 Å². The number of likely N-dealkylation sites (tertiary alicyclic amines) is 2. The van der Waals surface area contributed by atoms with Gasteiger partial charge in [0.2, 0.25) is 17.7 Å². The van der Waals surface area contributed by atoms with Crippen LogP contribution in [-0.4, -0.2) is 91.4 Å². The van der Waals surface area contributed by atoms with Gasteiger partial charge in [0, 0.05) is 76.3 Å². The minimum Gasteiger partial charge on any atom is -0.368 e. The lowest BCUT2D eigenvalue weighted by Crippen LogP contribution is -2.64. The fourth-order valence-electron chi connectivity index (χ4n) is 7.97. The van der Waals surface area contributed by atoms with Gasteiger partial charge in [0.25, 0.3) is 0 Å². The van der Waals surface area contributed by atoms with Crippen LogP contribution in [0.3, 0.4) is 0 Å². The van der Waals surface area contributed by atoms with E-state index in [4.69, 9.17) is 0 Å². The summed E-state index contributed by atoms with van der Waals surface area (Å²) in [4.78, 5) is 52.9. The summed E-state index contributed by atoms with van der Waals surface area (Å²) in [5, 5.41) is 10.2. The number of benzene rings is 1. The number of halogens is 3. The number of pyridine rings is 1. The van der Waals surface area contributed by atoms with Crippen molar-refractivity contribution in [1.29, 1.82) is 5.26 Å². The second-order valence-corrected chi connectivity index (χ2v) is 13.6. The van der Waals surface area contributed by atoms with E-state index in [0.29, 0.717) is 51.5 Å². The average Bonchev–Trinajstić information content (AvgIpc) is 3.49. The molecule has 13 heteroatoms. The summed E-state index contributed by atoms with van der Waals surface area (Å²) < 4.78 is 41.2. The number of carbonyl (C=O) groups is 3. The van der Waals surface area contributed by atoms with E-state index >= 15 is 0 Å². The first-order valence-electron chi connectivity index (χ1n) is 15.7. The molecule has 2 aromatic rings. The predicted octanol–water partition coefficient (Wildman–Crippen LogP) is 3.78. The van der Waals surface area contributed by atoms with E-state index in [9.17, 15) is 32.8 Å². The Bertz CT molecular complexity index is 1700. The Morgan fingerprint density at radius 1 is 1.15 bits per heavy atom. The summed E-state index contributed by atoms with van der Waals surface area (Å²) in [6.07, 6.45) is -3.38. The fourth-order valence-corrected chi connectivity index (χ4v) is 7.97. The topological polar surface area (TPSA) is 104 Å². The number of likely N-dealkylation sites (N-methyl/N-ethyl adjacent to an activating group) is 1. The maximum atomic E-state index is 14.1. The van der Waals surface area contributed by atoms with Gasteiger partial charge < -0.3 is 14.7 Å². The zero-order chi connectivity index (χ0) is 34.1. The molecule has 6 rings (SSSR count). The lowest BCUT2D eigenvalue weighted by molar-refractivity contribution is -0.141. The highest BCUT2D eigenvalue weighted by molar-refractivity contribution is 6.10. The number of amides is 3. The van der Waals surface area contributed by atoms with Crippen LogP contribution in [0.4, 0.5) is 30.4 Å². The van der Waals surface area contributed by atoms with Crippen LogP contribution in [-0.2, 0) is 20.6 Å². The van der Waals surface area contributed by atoms with Gasteiger partial charge in [-0.3, -0.25) is 24.2 Å². The van der Waals surface area contributed by atoms with Gasteiger partial charge in [-0.1, -0.05) is 18.7 Å². The first-order chi connectivity index (χ1) is 22.1. The van der Waals surface area contributed by atoms with Crippen molar-refractivity contribution in [1.82, 2.24) is 14.8 Å². The number of aromatic nitrogens is 1. The van der Waals surface area contributed by atoms with Crippen LogP contribution in [0.5, 0.6) is 0 Å². The van der Waals surface area contributed by atoms with Crippen molar-refractivity contribution in [2.24, 2.45) is 16.7 Å². The molecule has 1 aromatic carbocycles. The van der Waals surface area contributed by atoms with Gasteiger partial charge in [-0.25, -0.2) is 4.98 Å². The summed E-state index contributed by atoms with van der Waals surface area (Å²) in [5.41, 5.74) is 0.590. The van der Waals surface area contributed by atoms with Crippen molar-refractivity contribution in [2.45, 2.75) is 39.4 Å². The molecule has 0 aliphatic carbocycles. The molecule has 3 amide bonds. The molecule has 4 aliphatic rings. The molecular weight excluding hydrogens is 611 g/mol. The van der Waals surface area contributed by atoms with Crippen LogP contribution in [0.25, 0.3) is 0 Å². The summed E-state index contributed by atoms with van der Waals surface area (Å²) in [6.45, 7) is 12.5. The van der Waals surface area contributed by atoms with Gasteiger partial charge in [0.05, 0.1) is 28.4 Å². The van der Waals surface area contributed by atoms with Crippen LogP contribution >= 0.6 is 0 Å². The van der Waals surface area contributed by atoms with E-state index in [1.807, 2.05) is 32.0 Å². The Hall–Kier alpha value is -4.44. The van der Waals surface area contributed by atoms with Gasteiger partial charge in [0.1, 0.15) is 11.9 Å². The van der Waals surface area contributed by atoms with Crippen LogP contribution in [0.1, 0.15) is 30.2 Å². The highest BCUT2D eigenvalue weighted by atomic mass is 19.4. The van der Waals surface area contributed by atoms with Crippen LogP contribution in [0.15, 0.2) is 43.0 Å². The van der Waals surface area contributed by atoms with Crippen molar-refractivity contribution in [3.63, 3.8) is 0 Å². The monoisotopic (exact) mass is 649 g/mol. The molecular formula is C34H38F3N7O3. The number of anilines is 3. The van der Waals surface area contributed by atoms with Crippen LogP contribution in [0, 0.1) is 41.9 Å². The quantitative estimate of drug-likeness (QED) is 0.455. The smallest absolute Gasteiger partial charge is 0.368 e. The minimum absolute atomic E-state index is 0.0224. The van der Waals surface area contributed by atoms with Crippen molar-refractivity contribution >= 4 is 34.9 Å². The third-order valence-corrected chi connectivity index (χ3v) is 10.5. The lowest BCUT2D eigenvalue weighted by atomic mass is 9.63. The summed E-state index contributed by atoms with van der Waals surface area (Å²) in [5.74, 6) is -1.69. The number of alkyl halides is 3. The standard InChI is InChI=1S/C34H38F3N7O3/c1-6-27(45)43-19-33(20-43)18-41(17-32(33,4)16-38)10-11-42-15-23-13-28(46)44(26-14-24(34(35,36)37)12-22(3)39-26)30(23)31(47)40(5)25-9-7-8-21(2)29(25)42/h6-9,12,14,23,30H,1,10-11,13,15,17-20H2,2-5H3/t23-,30+,32+/m1/s1. The summed E-state index contributed by atoms with van der Waals surface area (Å²) >= 11 is 0. The van der Waals surface area contributed by atoms with Crippen LogP contribution < -0.4 is 14.7 Å². The molecule has 0 unspecified atom stereocenters. The SMILES string of the molecule is C=CC(=O)N1CC2(CN(CCN3C[C@H]4CC(=O)N(c5cc(C(F)(F)F)cc(C)n5)[C@@H]4C(=O)N(C)c4cccc(C)c43)C[C@]2(C)C#N)C1. The largest absolute Gasteiger partial charge is 0.416 e. The molecule has 5 heterocycles. The van der Waals surface area contributed by atoms with Gasteiger partial charge in [-0.15, -0.1) is 0 Å². The van der Waals surface area contributed by atoms with Crippen molar-refractivity contribution < 1.29 is 27.6 Å². The third-order valence-electron chi connectivity index (χ3n) is 10.5. The second-order valence-electron chi connectivity index (χ2n) is 13.6. The molecule has 47 heavy (non-hydrogen) atoms. The average molecular weight is 650 g/mol. The summed E-state index contributed by atoms with van der Waals surface area (Å²) in [7, 11) is 1.63. The van der Waals surface area contributed by atoms with E-state index in [-0.39, 0.29) is 35.2 Å². The van der Waals surface area contributed by atoms with E-state index < -0.39 is 35.0 Å². The van der Waals surface area contributed by atoms with Gasteiger partial charge >= 0.3 is 6.18 Å². The highest BCUT2D eigenvalue weighted by Gasteiger charge is 2.62. The molecule has 0 N–H and O–H groups in total. The van der Waals surface area contributed by atoms with E-state index in [1.54, 1.807) is 11.9 Å². The van der Waals surface area contributed by atoms with Gasteiger partial charge in [-0.2, -0.15) is 18.4 Å². The van der Waals surface area contributed by atoms with E-state index in [2.05, 4.69) is 27.4 Å². The molecule has 0 saturated carbocycles. The number of rotatable bonds is 5. The Labute approximate surface area is 272 Å². The van der Waals surface area contributed by atoms with E-state index in [0.717, 1.165) is 28.3 Å². The van der Waals surface area contributed by atoms with Crippen molar-refractivity contribution in [3.05, 3.63) is 59.8 Å². The second kappa shape index (κ2) is 11.4. The molecule has 3 saturated heterocycles. The zero-order valence-electron chi connectivity index (χ0n) is 27.0. The number of hydrogen-bond acceptors (Lipinski definition) is 7. The molecule has 3 fully saturated rings. The first kappa shape index (κ1) is 32.5. The molecule has 0 bridgehead atoms. The third kappa shape index (κ3) is 5.32. The van der Waals surface area contributed by atoms with Crippen LogP contribution in [0.2, 0.25) is 0 Å². The summed E-state index contributed by atoms with van der Waals surface area (Å²) in [6, 6.07) is 8.88. The Kier molecular flexibility index (Phi) is 7.86. The number of hydrogen-bond donors (Lipinski definition) is 0. The minimum atomic E-state index is -4.64. The van der Waals surface area contributed by atoms with Gasteiger partial charge in [-0.05, 0) is 50.6 Å². The Morgan fingerprint density at radius 2 is 1.87 bits per heavy atom. The molecule has 10 nitrogen and oxygen atoms in total. The number of para-hydroxylation sites is 1. The number of nitriles is 1. The van der Waals surface area contributed by atoms with E-state index in [1.165, 1.54) is 17.9 Å². The Morgan fingerprint density at radius 3 is 2.53 bits per heavy atom. The highest BCUT2D eigenvalue weighted by Crippen LogP contribution is 2.52. The van der Waals surface area contributed by atoms with Crippen molar-refractivity contribution in [2.75, 3.05) is 67.6 Å². The number of fused-ring (bicyclic) bond motifs is 2. The molecule has 248 valence electrons. The normalized spacial score (nSPS) is 25.7. The molecule has 4 aliphatic heterocycles. The maximum absolute atomic E-state index is 14.1.